The van der Waals surface area contributed by atoms with Crippen LogP contribution in [0.25, 0.3) is 0 Å². The molecule has 0 bridgehead atoms. The fourth-order valence-electron chi connectivity index (χ4n) is 3.18. The fourth-order valence-corrected chi connectivity index (χ4v) is 3.54. The van der Waals surface area contributed by atoms with Gasteiger partial charge in [0.2, 0.25) is 0 Å². The van der Waals surface area contributed by atoms with Gasteiger partial charge in [0, 0.05) is 32.2 Å². The molecule has 0 aliphatic carbocycles. The van der Waals surface area contributed by atoms with Crippen molar-refractivity contribution in [3.05, 3.63) is 22.7 Å². The minimum Gasteiger partial charge on any atom is -0.493 e. The summed E-state index contributed by atoms with van der Waals surface area (Å²) < 4.78 is 10.8. The highest BCUT2D eigenvalue weighted by Crippen LogP contribution is 2.42. The first-order valence-corrected chi connectivity index (χ1v) is 8.81. The third kappa shape index (κ3) is 4.52. The summed E-state index contributed by atoms with van der Waals surface area (Å²) in [6.07, 6.45) is 2.28. The van der Waals surface area contributed by atoms with Crippen molar-refractivity contribution in [2.24, 2.45) is 5.92 Å². The van der Waals surface area contributed by atoms with Crippen LogP contribution in [0.3, 0.4) is 0 Å². The van der Waals surface area contributed by atoms with E-state index in [0.717, 1.165) is 38.2 Å². The molecule has 23 heavy (non-hydrogen) atoms. The molecule has 1 fully saturated rings. The van der Waals surface area contributed by atoms with Gasteiger partial charge in [-0.05, 0) is 30.4 Å². The maximum atomic E-state index is 6.67. The summed E-state index contributed by atoms with van der Waals surface area (Å²) in [5.41, 5.74) is 1.15. The molecule has 1 heterocycles. The minimum atomic E-state index is 0.326. The molecule has 5 heteroatoms. The second-order valence-corrected chi connectivity index (χ2v) is 6.86. The number of nitrogens with one attached hydrogen (secondary N) is 1. The molecular weight excluding hydrogens is 312 g/mol. The van der Waals surface area contributed by atoms with Gasteiger partial charge in [-0.1, -0.05) is 31.5 Å². The van der Waals surface area contributed by atoms with E-state index >= 15 is 0 Å². The van der Waals surface area contributed by atoms with Crippen molar-refractivity contribution in [1.29, 1.82) is 0 Å². The second-order valence-electron chi connectivity index (χ2n) is 6.48. The van der Waals surface area contributed by atoms with Crippen LogP contribution in [0.5, 0.6) is 11.5 Å². The molecule has 0 radical (unpaired) electrons. The van der Waals surface area contributed by atoms with Gasteiger partial charge in [-0.15, -0.1) is 0 Å². The Hall–Kier alpha value is -0.970. The van der Waals surface area contributed by atoms with E-state index in [9.17, 15) is 0 Å². The van der Waals surface area contributed by atoms with Gasteiger partial charge in [0.25, 0.3) is 0 Å². The van der Waals surface area contributed by atoms with Crippen molar-refractivity contribution >= 4 is 11.6 Å². The van der Waals surface area contributed by atoms with E-state index in [1.807, 2.05) is 6.07 Å². The van der Waals surface area contributed by atoms with E-state index in [2.05, 4.69) is 30.1 Å². The SMILES string of the molecule is COc1ccc([C@@H](CCC(C)C)N2CCNCC2)c(Cl)c1OC. The number of piperazine rings is 1. The lowest BCUT2D eigenvalue weighted by Gasteiger charge is -2.36. The normalized spacial score (nSPS) is 17.3. The molecule has 1 aromatic carbocycles. The van der Waals surface area contributed by atoms with Crippen LogP contribution in [0.15, 0.2) is 12.1 Å². The second kappa shape index (κ2) is 8.76. The monoisotopic (exact) mass is 340 g/mol. The Labute approximate surface area is 145 Å². The third-order valence-corrected chi connectivity index (χ3v) is 4.87. The molecule has 130 valence electrons. The van der Waals surface area contributed by atoms with E-state index in [0.29, 0.717) is 28.5 Å². The zero-order valence-corrected chi connectivity index (χ0v) is 15.4. The van der Waals surface area contributed by atoms with Gasteiger partial charge in [0.15, 0.2) is 11.5 Å². The molecule has 1 aliphatic heterocycles. The van der Waals surface area contributed by atoms with Gasteiger partial charge in [0.1, 0.15) is 0 Å². The smallest absolute Gasteiger partial charge is 0.179 e. The lowest BCUT2D eigenvalue weighted by atomic mass is 9.95. The lowest BCUT2D eigenvalue weighted by molar-refractivity contribution is 0.159. The van der Waals surface area contributed by atoms with E-state index in [1.165, 1.54) is 6.42 Å². The number of benzene rings is 1. The van der Waals surface area contributed by atoms with Crippen LogP contribution in [0.2, 0.25) is 5.02 Å². The van der Waals surface area contributed by atoms with Crippen LogP contribution < -0.4 is 14.8 Å². The van der Waals surface area contributed by atoms with Crippen molar-refractivity contribution in [1.82, 2.24) is 10.2 Å². The molecule has 0 unspecified atom stereocenters. The van der Waals surface area contributed by atoms with Crippen LogP contribution in [0.4, 0.5) is 0 Å². The molecule has 4 nitrogen and oxygen atoms in total. The van der Waals surface area contributed by atoms with Crippen molar-refractivity contribution in [3.63, 3.8) is 0 Å². The van der Waals surface area contributed by atoms with Crippen LogP contribution >= 0.6 is 11.6 Å². The Morgan fingerprint density at radius 2 is 1.83 bits per heavy atom. The van der Waals surface area contributed by atoms with Gasteiger partial charge in [0.05, 0.1) is 19.2 Å². The Morgan fingerprint density at radius 1 is 1.13 bits per heavy atom. The summed E-state index contributed by atoms with van der Waals surface area (Å²) in [6.45, 7) is 8.70. The number of ether oxygens (including phenoxy) is 2. The summed E-state index contributed by atoms with van der Waals surface area (Å²) in [4.78, 5) is 2.53. The van der Waals surface area contributed by atoms with Gasteiger partial charge in [-0.25, -0.2) is 0 Å². The van der Waals surface area contributed by atoms with E-state index in [1.54, 1.807) is 14.2 Å². The van der Waals surface area contributed by atoms with Crippen molar-refractivity contribution in [2.75, 3.05) is 40.4 Å². The number of hydrogen-bond donors (Lipinski definition) is 1. The zero-order chi connectivity index (χ0) is 16.8. The number of halogens is 1. The summed E-state index contributed by atoms with van der Waals surface area (Å²) in [6, 6.07) is 4.38. The number of methoxy groups -OCH3 is 2. The topological polar surface area (TPSA) is 33.7 Å². The molecule has 2 rings (SSSR count). The molecular formula is C18H29ClN2O2. The Balaban J connectivity index is 2.33. The summed E-state index contributed by atoms with van der Waals surface area (Å²) >= 11 is 6.67. The average molecular weight is 341 g/mol. The first kappa shape index (κ1) is 18.4. The van der Waals surface area contributed by atoms with Gasteiger partial charge in [-0.2, -0.15) is 0 Å². The van der Waals surface area contributed by atoms with Gasteiger partial charge >= 0.3 is 0 Å². The molecule has 1 aliphatic rings. The number of rotatable bonds is 7. The summed E-state index contributed by atoms with van der Waals surface area (Å²) in [5, 5.41) is 4.10. The molecule has 0 aromatic heterocycles. The highest BCUT2D eigenvalue weighted by molar-refractivity contribution is 6.33. The van der Waals surface area contributed by atoms with Crippen molar-refractivity contribution < 1.29 is 9.47 Å². The molecule has 1 saturated heterocycles. The maximum Gasteiger partial charge on any atom is 0.179 e. The molecule has 1 atom stereocenters. The first-order valence-electron chi connectivity index (χ1n) is 8.43. The molecule has 0 amide bonds. The highest BCUT2D eigenvalue weighted by atomic mass is 35.5. The van der Waals surface area contributed by atoms with Gasteiger partial charge in [-0.3, -0.25) is 4.90 Å². The molecule has 1 aromatic rings. The minimum absolute atomic E-state index is 0.326. The predicted octanol–water partition coefficient (Wildman–Crippen LogP) is 3.74. The maximum absolute atomic E-state index is 6.67. The van der Waals surface area contributed by atoms with E-state index < -0.39 is 0 Å². The van der Waals surface area contributed by atoms with Crippen LogP contribution in [0, 0.1) is 5.92 Å². The Bertz CT molecular complexity index is 502. The Kier molecular flexibility index (Phi) is 7.00. The summed E-state index contributed by atoms with van der Waals surface area (Å²) in [7, 11) is 3.28. The first-order chi connectivity index (χ1) is 11.1. The molecule has 0 saturated carbocycles. The Morgan fingerprint density at radius 3 is 2.39 bits per heavy atom. The predicted molar refractivity (Wildman–Crippen MR) is 95.8 cm³/mol. The van der Waals surface area contributed by atoms with Crippen LogP contribution in [0.1, 0.15) is 38.3 Å². The van der Waals surface area contributed by atoms with Crippen LogP contribution in [-0.4, -0.2) is 45.3 Å². The molecule has 0 spiro atoms. The van der Waals surface area contributed by atoms with E-state index in [-0.39, 0.29) is 0 Å². The highest BCUT2D eigenvalue weighted by Gasteiger charge is 2.26. The number of hydrogen-bond acceptors (Lipinski definition) is 4. The van der Waals surface area contributed by atoms with Crippen molar-refractivity contribution in [2.45, 2.75) is 32.7 Å². The zero-order valence-electron chi connectivity index (χ0n) is 14.7. The number of nitrogens with zero attached hydrogens (tertiary/aromatic N) is 1. The fraction of sp³-hybridized carbons (Fsp3) is 0.667. The van der Waals surface area contributed by atoms with Crippen molar-refractivity contribution in [3.8, 4) is 11.5 Å². The third-order valence-electron chi connectivity index (χ3n) is 4.48. The molecule has 1 N–H and O–H groups in total. The average Bonchev–Trinajstić information content (AvgIpc) is 2.56. The largest absolute Gasteiger partial charge is 0.493 e. The van der Waals surface area contributed by atoms with Crippen LogP contribution in [-0.2, 0) is 0 Å². The van der Waals surface area contributed by atoms with E-state index in [4.69, 9.17) is 21.1 Å². The van der Waals surface area contributed by atoms with Gasteiger partial charge < -0.3 is 14.8 Å². The summed E-state index contributed by atoms with van der Waals surface area (Å²) in [5.74, 6) is 2.00. The lowest BCUT2D eigenvalue weighted by Crippen LogP contribution is -2.45. The quantitative estimate of drug-likeness (QED) is 0.819. The standard InChI is InChI=1S/C18H29ClN2O2/c1-13(2)5-7-15(21-11-9-20-10-12-21)14-6-8-16(22-3)18(23-4)17(14)19/h6,8,13,15,20H,5,7,9-12H2,1-4H3/t15-/m1/s1.